The summed E-state index contributed by atoms with van der Waals surface area (Å²) >= 11 is 0. The first-order valence-electron chi connectivity index (χ1n) is 5.29. The zero-order valence-corrected chi connectivity index (χ0v) is 11.3. The maximum Gasteiger partial charge on any atom is 0.244 e. The Labute approximate surface area is 102 Å². The first-order valence-corrected chi connectivity index (χ1v) is 6.78. The van der Waals surface area contributed by atoms with Crippen LogP contribution in [0.5, 0.6) is 0 Å². The molecule has 0 aromatic carbocycles. The van der Waals surface area contributed by atoms with Crippen molar-refractivity contribution in [1.29, 1.82) is 0 Å². The highest BCUT2D eigenvalue weighted by Crippen LogP contribution is 2.17. The van der Waals surface area contributed by atoms with Crippen LogP contribution in [-0.4, -0.2) is 24.7 Å². The highest BCUT2D eigenvalue weighted by atomic mass is 32.2. The molecule has 0 amide bonds. The molecule has 1 N–H and O–H groups in total. The number of nitrogens with zero attached hydrogens (tertiary/aromatic N) is 2. The van der Waals surface area contributed by atoms with Crippen molar-refractivity contribution in [3.05, 3.63) is 11.4 Å². The standard InChI is InChI=1S/C11H17N3O2S/c1-5-6-7-8-12-17(15,16)11-9(2)13-14(4)10(11)3/h12H,7-8H2,1-4H3. The van der Waals surface area contributed by atoms with Gasteiger partial charge in [-0.15, -0.1) is 11.8 Å². The second-order valence-electron chi connectivity index (χ2n) is 3.70. The van der Waals surface area contributed by atoms with Crippen LogP contribution in [0.2, 0.25) is 0 Å². The molecule has 0 aliphatic rings. The number of rotatable bonds is 4. The predicted molar refractivity (Wildman–Crippen MR) is 65.9 cm³/mol. The Balaban J connectivity index is 2.92. The summed E-state index contributed by atoms with van der Waals surface area (Å²) in [6, 6.07) is 0. The summed E-state index contributed by atoms with van der Waals surface area (Å²) in [6.45, 7) is 5.47. The summed E-state index contributed by atoms with van der Waals surface area (Å²) in [6.07, 6.45) is 0.508. The Bertz CT molecular complexity index is 562. The molecular weight excluding hydrogens is 238 g/mol. The Morgan fingerprint density at radius 1 is 1.41 bits per heavy atom. The number of aromatic nitrogens is 2. The average molecular weight is 255 g/mol. The largest absolute Gasteiger partial charge is 0.271 e. The molecular formula is C11H17N3O2S. The fraction of sp³-hybridized carbons (Fsp3) is 0.545. The van der Waals surface area contributed by atoms with Crippen LogP contribution >= 0.6 is 0 Å². The monoisotopic (exact) mass is 255 g/mol. The Hall–Kier alpha value is -1.32. The van der Waals surface area contributed by atoms with Gasteiger partial charge >= 0.3 is 0 Å². The minimum absolute atomic E-state index is 0.268. The minimum Gasteiger partial charge on any atom is -0.271 e. The third-order valence-corrected chi connectivity index (χ3v) is 4.14. The fourth-order valence-electron chi connectivity index (χ4n) is 1.59. The van der Waals surface area contributed by atoms with Crippen LogP contribution in [0.4, 0.5) is 0 Å². The molecule has 17 heavy (non-hydrogen) atoms. The molecule has 0 unspecified atom stereocenters. The van der Waals surface area contributed by atoms with Crippen molar-refractivity contribution in [2.45, 2.75) is 32.1 Å². The molecule has 94 valence electrons. The van der Waals surface area contributed by atoms with Gasteiger partial charge in [-0.25, -0.2) is 13.1 Å². The molecule has 0 bridgehead atoms. The van der Waals surface area contributed by atoms with Crippen LogP contribution < -0.4 is 4.72 Å². The second kappa shape index (κ2) is 5.34. The second-order valence-corrected chi connectivity index (χ2v) is 5.40. The van der Waals surface area contributed by atoms with E-state index in [-0.39, 0.29) is 4.90 Å². The van der Waals surface area contributed by atoms with Crippen molar-refractivity contribution < 1.29 is 8.42 Å². The molecule has 0 saturated carbocycles. The van der Waals surface area contributed by atoms with Crippen molar-refractivity contribution in [2.24, 2.45) is 7.05 Å². The van der Waals surface area contributed by atoms with Gasteiger partial charge in [0.1, 0.15) is 4.90 Å². The van der Waals surface area contributed by atoms with Crippen molar-refractivity contribution in [3.63, 3.8) is 0 Å². The summed E-state index contributed by atoms with van der Waals surface area (Å²) in [7, 11) is -1.76. The lowest BCUT2D eigenvalue weighted by atomic mass is 10.4. The van der Waals surface area contributed by atoms with Gasteiger partial charge in [-0.1, -0.05) is 0 Å². The summed E-state index contributed by atoms with van der Waals surface area (Å²) in [5, 5.41) is 4.09. The molecule has 0 saturated heterocycles. The van der Waals surface area contributed by atoms with E-state index in [9.17, 15) is 8.42 Å². The number of sulfonamides is 1. The first-order chi connectivity index (χ1) is 7.90. The first kappa shape index (κ1) is 13.7. The lowest BCUT2D eigenvalue weighted by molar-refractivity contribution is 0.581. The van der Waals surface area contributed by atoms with E-state index in [2.05, 4.69) is 21.7 Å². The van der Waals surface area contributed by atoms with E-state index in [1.807, 2.05) is 0 Å². The van der Waals surface area contributed by atoms with Gasteiger partial charge in [0.25, 0.3) is 0 Å². The van der Waals surface area contributed by atoms with Crippen molar-refractivity contribution in [2.75, 3.05) is 6.54 Å². The van der Waals surface area contributed by atoms with E-state index in [1.165, 1.54) is 0 Å². The van der Waals surface area contributed by atoms with Crippen LogP contribution in [-0.2, 0) is 17.1 Å². The third kappa shape index (κ3) is 3.08. The molecule has 6 heteroatoms. The van der Waals surface area contributed by atoms with Gasteiger partial charge < -0.3 is 0 Å². The molecule has 1 aromatic rings. The van der Waals surface area contributed by atoms with E-state index in [4.69, 9.17) is 0 Å². The van der Waals surface area contributed by atoms with Gasteiger partial charge in [0.15, 0.2) is 0 Å². The maximum atomic E-state index is 12.0. The lowest BCUT2D eigenvalue weighted by Gasteiger charge is -2.05. The molecule has 5 nitrogen and oxygen atoms in total. The molecule has 0 atom stereocenters. The highest BCUT2D eigenvalue weighted by molar-refractivity contribution is 7.89. The normalized spacial score (nSPS) is 11.1. The smallest absolute Gasteiger partial charge is 0.244 e. The molecule has 0 aliphatic carbocycles. The summed E-state index contributed by atoms with van der Waals surface area (Å²) < 4.78 is 28.2. The zero-order chi connectivity index (χ0) is 13.1. The topological polar surface area (TPSA) is 64.0 Å². The van der Waals surface area contributed by atoms with Gasteiger partial charge in [0, 0.05) is 20.0 Å². The van der Waals surface area contributed by atoms with E-state index in [1.54, 1.807) is 32.5 Å². The molecule has 0 radical (unpaired) electrons. The summed E-state index contributed by atoms with van der Waals surface area (Å²) in [4.78, 5) is 0.268. The van der Waals surface area contributed by atoms with Crippen LogP contribution in [0.25, 0.3) is 0 Å². The quantitative estimate of drug-likeness (QED) is 0.637. The molecule has 1 heterocycles. The number of nitrogens with one attached hydrogen (secondary N) is 1. The molecule has 1 aromatic heterocycles. The van der Waals surface area contributed by atoms with Gasteiger partial charge in [-0.2, -0.15) is 5.10 Å². The average Bonchev–Trinajstić information content (AvgIpc) is 2.48. The van der Waals surface area contributed by atoms with Crippen LogP contribution in [0, 0.1) is 25.7 Å². The van der Waals surface area contributed by atoms with Crippen molar-refractivity contribution >= 4 is 10.0 Å². The van der Waals surface area contributed by atoms with Crippen molar-refractivity contribution in [3.8, 4) is 11.8 Å². The van der Waals surface area contributed by atoms with Crippen LogP contribution in [0.1, 0.15) is 24.7 Å². The predicted octanol–water partition coefficient (Wildman–Crippen LogP) is 0.729. The van der Waals surface area contributed by atoms with E-state index in [0.29, 0.717) is 24.4 Å². The molecule has 1 rings (SSSR count). The summed E-state index contributed by atoms with van der Waals surface area (Å²) in [5.41, 5.74) is 1.15. The van der Waals surface area contributed by atoms with Crippen molar-refractivity contribution in [1.82, 2.24) is 14.5 Å². The van der Waals surface area contributed by atoms with Gasteiger partial charge in [0.2, 0.25) is 10.0 Å². The zero-order valence-electron chi connectivity index (χ0n) is 10.5. The highest BCUT2D eigenvalue weighted by Gasteiger charge is 2.22. The molecule has 0 fully saturated rings. The number of hydrogen-bond donors (Lipinski definition) is 1. The third-order valence-electron chi connectivity index (χ3n) is 2.43. The number of hydrogen-bond acceptors (Lipinski definition) is 3. The maximum absolute atomic E-state index is 12.0. The Morgan fingerprint density at radius 2 is 2.06 bits per heavy atom. The fourth-order valence-corrected chi connectivity index (χ4v) is 3.05. The number of aryl methyl sites for hydroxylation is 2. The van der Waals surface area contributed by atoms with Gasteiger partial charge in [-0.05, 0) is 20.8 Å². The molecule has 0 aliphatic heterocycles. The summed E-state index contributed by atoms with van der Waals surface area (Å²) in [5.74, 6) is 5.53. The van der Waals surface area contributed by atoms with E-state index < -0.39 is 10.0 Å². The molecule has 0 spiro atoms. The SMILES string of the molecule is CC#CCCNS(=O)(=O)c1c(C)nn(C)c1C. The Morgan fingerprint density at radius 3 is 2.53 bits per heavy atom. The van der Waals surface area contributed by atoms with Gasteiger partial charge in [-0.3, -0.25) is 4.68 Å². The van der Waals surface area contributed by atoms with Crippen LogP contribution in [0.15, 0.2) is 4.90 Å². The van der Waals surface area contributed by atoms with Crippen LogP contribution in [0.3, 0.4) is 0 Å². The Kier molecular flexibility index (Phi) is 4.32. The van der Waals surface area contributed by atoms with Gasteiger partial charge in [0.05, 0.1) is 11.4 Å². The van der Waals surface area contributed by atoms with E-state index >= 15 is 0 Å². The lowest BCUT2D eigenvalue weighted by Crippen LogP contribution is -2.25. The minimum atomic E-state index is -3.48. The van der Waals surface area contributed by atoms with E-state index in [0.717, 1.165) is 0 Å².